The number of amides is 1. The number of rotatable bonds is 16. The van der Waals surface area contributed by atoms with Gasteiger partial charge in [0.15, 0.2) is 0 Å². The van der Waals surface area contributed by atoms with Crippen molar-refractivity contribution in [2.75, 3.05) is 26.3 Å². The molecule has 0 aliphatic carbocycles. The molecule has 0 aromatic carbocycles. The van der Waals surface area contributed by atoms with E-state index in [1.807, 2.05) is 0 Å². The minimum atomic E-state index is -0.0929. The van der Waals surface area contributed by atoms with E-state index in [2.05, 4.69) is 12.2 Å². The van der Waals surface area contributed by atoms with E-state index < -0.39 is 0 Å². The fourth-order valence-corrected chi connectivity index (χ4v) is 2.27. The molecule has 0 saturated carbocycles. The number of carbonyl (C=O) groups excluding carboxylic acids is 1. The maximum absolute atomic E-state index is 10.9. The van der Waals surface area contributed by atoms with E-state index in [9.17, 15) is 4.79 Å². The zero-order valence-corrected chi connectivity index (χ0v) is 14.0. The van der Waals surface area contributed by atoms with Crippen molar-refractivity contribution >= 4 is 5.91 Å². The molecule has 0 aliphatic rings. The highest BCUT2D eigenvalue weighted by molar-refractivity contribution is 5.77. The highest BCUT2D eigenvalue weighted by atomic mass is 16.5. The van der Waals surface area contributed by atoms with Crippen molar-refractivity contribution in [2.45, 2.75) is 77.6 Å². The van der Waals surface area contributed by atoms with Gasteiger partial charge in [0.05, 0.1) is 6.54 Å². The van der Waals surface area contributed by atoms with Crippen LogP contribution in [0.2, 0.25) is 0 Å². The predicted molar refractivity (Wildman–Crippen MR) is 89.3 cm³/mol. The maximum Gasteiger partial charge on any atom is 0.233 e. The molecule has 0 saturated heterocycles. The summed E-state index contributed by atoms with van der Waals surface area (Å²) in [6, 6.07) is 0. The van der Waals surface area contributed by atoms with Gasteiger partial charge in [0, 0.05) is 19.8 Å². The van der Waals surface area contributed by atoms with Gasteiger partial charge >= 0.3 is 0 Å². The number of carbonyl (C=O) groups is 1. The van der Waals surface area contributed by atoms with E-state index in [1.54, 1.807) is 0 Å². The van der Waals surface area contributed by atoms with Crippen LogP contribution in [0, 0.1) is 0 Å². The van der Waals surface area contributed by atoms with Crippen LogP contribution >= 0.6 is 0 Å². The first-order chi connectivity index (χ1) is 10.3. The van der Waals surface area contributed by atoms with Gasteiger partial charge in [-0.1, -0.05) is 64.7 Å². The molecule has 1 amide bonds. The Kier molecular flexibility index (Phi) is 16.9. The lowest BCUT2D eigenvalue weighted by molar-refractivity contribution is -0.119. The second-order valence-electron chi connectivity index (χ2n) is 5.70. The van der Waals surface area contributed by atoms with Crippen LogP contribution in [-0.4, -0.2) is 32.2 Å². The first-order valence-corrected chi connectivity index (χ1v) is 8.85. The number of unbranched alkanes of at least 4 members (excludes halogenated alkanes) is 9. The summed E-state index contributed by atoms with van der Waals surface area (Å²) in [7, 11) is 0. The van der Waals surface area contributed by atoms with E-state index in [1.165, 1.54) is 57.8 Å². The minimum absolute atomic E-state index is 0.0689. The van der Waals surface area contributed by atoms with Gasteiger partial charge < -0.3 is 15.8 Å². The molecule has 21 heavy (non-hydrogen) atoms. The summed E-state index contributed by atoms with van der Waals surface area (Å²) < 4.78 is 5.54. The Morgan fingerprint density at radius 1 is 0.857 bits per heavy atom. The maximum atomic E-state index is 10.9. The van der Waals surface area contributed by atoms with E-state index in [0.717, 1.165) is 26.1 Å². The van der Waals surface area contributed by atoms with Crippen LogP contribution in [0.3, 0.4) is 0 Å². The van der Waals surface area contributed by atoms with Gasteiger partial charge in [0.25, 0.3) is 0 Å². The quantitative estimate of drug-likeness (QED) is 0.429. The molecule has 4 nitrogen and oxygen atoms in total. The zero-order chi connectivity index (χ0) is 15.6. The van der Waals surface area contributed by atoms with Gasteiger partial charge in [-0.05, 0) is 12.8 Å². The molecular weight excluding hydrogens is 264 g/mol. The van der Waals surface area contributed by atoms with Crippen LogP contribution in [0.25, 0.3) is 0 Å². The Labute approximate surface area is 131 Å². The normalized spacial score (nSPS) is 10.8. The van der Waals surface area contributed by atoms with Crippen LogP contribution < -0.4 is 11.1 Å². The lowest BCUT2D eigenvalue weighted by atomic mass is 10.1. The summed E-state index contributed by atoms with van der Waals surface area (Å²) >= 11 is 0. The minimum Gasteiger partial charge on any atom is -0.381 e. The average Bonchev–Trinajstić information content (AvgIpc) is 2.50. The Balaban J connectivity index is 2.98. The zero-order valence-electron chi connectivity index (χ0n) is 14.0. The third-order valence-corrected chi connectivity index (χ3v) is 3.62. The molecule has 0 radical (unpaired) electrons. The smallest absolute Gasteiger partial charge is 0.233 e. The van der Waals surface area contributed by atoms with Gasteiger partial charge in [-0.15, -0.1) is 0 Å². The van der Waals surface area contributed by atoms with Gasteiger partial charge in [-0.3, -0.25) is 4.79 Å². The second kappa shape index (κ2) is 17.4. The van der Waals surface area contributed by atoms with Crippen LogP contribution in [0.15, 0.2) is 0 Å². The molecular formula is C17H36N2O2. The average molecular weight is 300 g/mol. The third-order valence-electron chi connectivity index (χ3n) is 3.62. The lowest BCUT2D eigenvalue weighted by Gasteiger charge is -2.05. The lowest BCUT2D eigenvalue weighted by Crippen LogP contribution is -2.31. The van der Waals surface area contributed by atoms with Crippen LogP contribution in [0.5, 0.6) is 0 Å². The summed E-state index contributed by atoms with van der Waals surface area (Å²) in [5, 5.41) is 2.73. The highest BCUT2D eigenvalue weighted by Gasteiger charge is 1.96. The van der Waals surface area contributed by atoms with Crippen LogP contribution in [-0.2, 0) is 9.53 Å². The van der Waals surface area contributed by atoms with E-state index >= 15 is 0 Å². The Morgan fingerprint density at radius 3 is 1.95 bits per heavy atom. The van der Waals surface area contributed by atoms with Crippen molar-refractivity contribution in [3.05, 3.63) is 0 Å². The molecule has 0 aromatic heterocycles. The van der Waals surface area contributed by atoms with Gasteiger partial charge in [-0.25, -0.2) is 0 Å². The van der Waals surface area contributed by atoms with Gasteiger partial charge in [0.1, 0.15) is 0 Å². The largest absolute Gasteiger partial charge is 0.381 e. The van der Waals surface area contributed by atoms with Crippen molar-refractivity contribution < 1.29 is 9.53 Å². The Hall–Kier alpha value is -0.610. The first-order valence-electron chi connectivity index (χ1n) is 8.85. The number of nitrogens with one attached hydrogen (secondary N) is 1. The summed E-state index contributed by atoms with van der Waals surface area (Å²) in [5.41, 5.74) is 5.19. The molecule has 0 aromatic rings. The molecule has 0 aliphatic heterocycles. The fourth-order valence-electron chi connectivity index (χ4n) is 2.27. The van der Waals surface area contributed by atoms with Crippen LogP contribution in [0.4, 0.5) is 0 Å². The third kappa shape index (κ3) is 17.3. The molecule has 0 fully saturated rings. The number of ether oxygens (including phenoxy) is 1. The summed E-state index contributed by atoms with van der Waals surface area (Å²) in [5.74, 6) is -0.0929. The van der Waals surface area contributed by atoms with Crippen molar-refractivity contribution in [1.82, 2.24) is 5.32 Å². The summed E-state index contributed by atoms with van der Waals surface area (Å²) in [6.45, 7) is 4.56. The highest BCUT2D eigenvalue weighted by Crippen LogP contribution is 2.10. The van der Waals surface area contributed by atoms with Gasteiger partial charge in [0.2, 0.25) is 5.91 Å². The molecule has 126 valence electrons. The van der Waals surface area contributed by atoms with Gasteiger partial charge in [-0.2, -0.15) is 0 Å². The Morgan fingerprint density at radius 2 is 1.38 bits per heavy atom. The van der Waals surface area contributed by atoms with Crippen molar-refractivity contribution in [3.63, 3.8) is 0 Å². The molecule has 4 heteroatoms. The van der Waals surface area contributed by atoms with E-state index in [-0.39, 0.29) is 12.5 Å². The van der Waals surface area contributed by atoms with E-state index in [4.69, 9.17) is 10.5 Å². The summed E-state index contributed by atoms with van der Waals surface area (Å²) in [6.07, 6.45) is 14.4. The SMILES string of the molecule is CCCCCCCCCCCCOCCCNC(=O)CN. The summed E-state index contributed by atoms with van der Waals surface area (Å²) in [4.78, 5) is 10.9. The molecule has 0 bridgehead atoms. The number of nitrogens with two attached hydrogens (primary N) is 1. The molecule has 0 rings (SSSR count). The van der Waals surface area contributed by atoms with Crippen LogP contribution in [0.1, 0.15) is 77.6 Å². The topological polar surface area (TPSA) is 64.3 Å². The van der Waals surface area contributed by atoms with Crippen molar-refractivity contribution in [3.8, 4) is 0 Å². The molecule has 0 spiro atoms. The Bertz CT molecular complexity index is 223. The fraction of sp³-hybridized carbons (Fsp3) is 0.941. The number of hydrogen-bond donors (Lipinski definition) is 2. The standard InChI is InChI=1S/C17H36N2O2/c1-2-3-4-5-6-7-8-9-10-11-14-21-15-12-13-19-17(20)16-18/h2-16,18H2,1H3,(H,19,20). The second-order valence-corrected chi connectivity index (χ2v) is 5.70. The van der Waals surface area contributed by atoms with Crippen molar-refractivity contribution in [1.29, 1.82) is 0 Å². The number of hydrogen-bond acceptors (Lipinski definition) is 3. The monoisotopic (exact) mass is 300 g/mol. The van der Waals surface area contributed by atoms with Crippen molar-refractivity contribution in [2.24, 2.45) is 5.73 Å². The first kappa shape index (κ1) is 20.4. The molecule has 0 unspecified atom stereocenters. The molecule has 3 N–H and O–H groups in total. The van der Waals surface area contributed by atoms with E-state index in [0.29, 0.717) is 6.54 Å². The molecule has 0 heterocycles. The predicted octanol–water partition coefficient (Wildman–Crippen LogP) is 3.39. The molecule has 0 atom stereocenters.